The predicted molar refractivity (Wildman–Crippen MR) is 63.4 cm³/mol. The first kappa shape index (κ1) is 13.4. The van der Waals surface area contributed by atoms with E-state index in [0.717, 1.165) is 0 Å². The first-order chi connectivity index (χ1) is 7.97. The highest BCUT2D eigenvalue weighted by Gasteiger charge is 2.13. The molecule has 0 radical (unpaired) electrons. The minimum Gasteiger partial charge on any atom is -0.478 e. The molecule has 0 heterocycles. The van der Waals surface area contributed by atoms with Crippen molar-refractivity contribution < 1.29 is 18.3 Å². The summed E-state index contributed by atoms with van der Waals surface area (Å²) in [6.07, 6.45) is 2.14. The van der Waals surface area contributed by atoms with E-state index in [1.165, 1.54) is 24.3 Å². The average molecular weight is 255 g/mol. The van der Waals surface area contributed by atoms with Crippen molar-refractivity contribution in [3.63, 3.8) is 0 Å². The maximum atomic E-state index is 11.7. The Bertz CT molecular complexity index is 505. The summed E-state index contributed by atoms with van der Waals surface area (Å²) in [7, 11) is -3.57. The van der Waals surface area contributed by atoms with E-state index in [4.69, 9.17) is 5.11 Å². The number of carboxylic acid groups (broad SMARTS) is 1. The van der Waals surface area contributed by atoms with Crippen LogP contribution in [0.5, 0.6) is 0 Å². The molecule has 0 spiro atoms. The fourth-order valence-electron chi connectivity index (χ4n) is 1.16. The molecule has 1 aromatic rings. The van der Waals surface area contributed by atoms with Crippen LogP contribution in [0.4, 0.5) is 0 Å². The van der Waals surface area contributed by atoms with Crippen molar-refractivity contribution in [2.45, 2.75) is 11.3 Å². The van der Waals surface area contributed by atoms with Gasteiger partial charge >= 0.3 is 5.97 Å². The zero-order valence-electron chi connectivity index (χ0n) is 9.09. The molecule has 1 rings (SSSR count). The number of carbonyl (C=O) groups is 1. The first-order valence-electron chi connectivity index (χ1n) is 4.91. The number of rotatable bonds is 6. The van der Waals surface area contributed by atoms with Gasteiger partial charge in [-0.1, -0.05) is 6.08 Å². The molecule has 0 saturated heterocycles. The van der Waals surface area contributed by atoms with Crippen LogP contribution in [0.3, 0.4) is 0 Å². The van der Waals surface area contributed by atoms with E-state index >= 15 is 0 Å². The van der Waals surface area contributed by atoms with Gasteiger partial charge in [-0.3, -0.25) is 0 Å². The van der Waals surface area contributed by atoms with Crippen molar-refractivity contribution in [3.05, 3.63) is 42.5 Å². The molecular formula is C11H13NO4S. The molecule has 0 aliphatic heterocycles. The van der Waals surface area contributed by atoms with Gasteiger partial charge in [-0.25, -0.2) is 17.9 Å². The summed E-state index contributed by atoms with van der Waals surface area (Å²) in [5, 5.41) is 8.68. The number of hydrogen-bond donors (Lipinski definition) is 2. The van der Waals surface area contributed by atoms with E-state index in [-0.39, 0.29) is 17.0 Å². The lowest BCUT2D eigenvalue weighted by molar-refractivity contribution is 0.0697. The summed E-state index contributed by atoms with van der Waals surface area (Å²) in [6.45, 7) is 3.75. The Kier molecular flexibility index (Phi) is 4.42. The molecule has 0 atom stereocenters. The molecule has 1 aromatic carbocycles. The minimum atomic E-state index is -3.57. The Balaban J connectivity index is 2.85. The average Bonchev–Trinajstić information content (AvgIpc) is 2.29. The van der Waals surface area contributed by atoms with Gasteiger partial charge in [0.15, 0.2) is 0 Å². The van der Waals surface area contributed by atoms with Gasteiger partial charge in [0.25, 0.3) is 0 Å². The molecule has 0 bridgehead atoms. The van der Waals surface area contributed by atoms with Crippen LogP contribution >= 0.6 is 0 Å². The van der Waals surface area contributed by atoms with Crippen LogP contribution in [0.25, 0.3) is 0 Å². The Morgan fingerprint density at radius 3 is 2.41 bits per heavy atom. The molecule has 5 nitrogen and oxygen atoms in total. The third-order valence-corrected chi connectivity index (χ3v) is 3.53. The molecule has 0 aliphatic carbocycles. The predicted octanol–water partition coefficient (Wildman–Crippen LogP) is 1.24. The van der Waals surface area contributed by atoms with Crippen molar-refractivity contribution in [3.8, 4) is 0 Å². The van der Waals surface area contributed by atoms with Crippen LogP contribution in [0.1, 0.15) is 16.8 Å². The minimum absolute atomic E-state index is 0.0477. The summed E-state index contributed by atoms with van der Waals surface area (Å²) in [6, 6.07) is 5.04. The molecule has 0 unspecified atom stereocenters. The van der Waals surface area contributed by atoms with E-state index < -0.39 is 16.0 Å². The van der Waals surface area contributed by atoms with Crippen LogP contribution in [0, 0.1) is 0 Å². The second-order valence-electron chi connectivity index (χ2n) is 3.30. The topological polar surface area (TPSA) is 83.5 Å². The van der Waals surface area contributed by atoms with Crippen LogP contribution in [0.2, 0.25) is 0 Å². The van der Waals surface area contributed by atoms with Crippen molar-refractivity contribution >= 4 is 16.0 Å². The van der Waals surface area contributed by atoms with E-state index in [9.17, 15) is 13.2 Å². The zero-order valence-corrected chi connectivity index (χ0v) is 9.90. The third-order valence-electron chi connectivity index (χ3n) is 2.05. The van der Waals surface area contributed by atoms with E-state index in [1.807, 2.05) is 0 Å². The molecule has 0 saturated carbocycles. The fraction of sp³-hybridized carbons (Fsp3) is 0.182. The quantitative estimate of drug-likeness (QED) is 0.591. The van der Waals surface area contributed by atoms with Crippen molar-refractivity contribution in [1.29, 1.82) is 0 Å². The second-order valence-corrected chi connectivity index (χ2v) is 5.07. The number of carboxylic acids is 1. The molecule has 2 N–H and O–H groups in total. The molecule has 0 amide bonds. The standard InChI is InChI=1S/C11H13NO4S/c1-2-3-8-12-17(15,16)10-6-4-9(5-7-10)11(13)14/h2,4-7,12H,1,3,8H2,(H,13,14). The van der Waals surface area contributed by atoms with Crippen molar-refractivity contribution in [1.82, 2.24) is 4.72 Å². The smallest absolute Gasteiger partial charge is 0.335 e. The highest BCUT2D eigenvalue weighted by Crippen LogP contribution is 2.10. The number of hydrogen-bond acceptors (Lipinski definition) is 3. The van der Waals surface area contributed by atoms with E-state index in [1.54, 1.807) is 6.08 Å². The van der Waals surface area contributed by atoms with Gasteiger partial charge in [0.05, 0.1) is 10.5 Å². The maximum Gasteiger partial charge on any atom is 0.335 e. The molecule has 17 heavy (non-hydrogen) atoms. The van der Waals surface area contributed by atoms with Gasteiger partial charge in [-0.2, -0.15) is 0 Å². The van der Waals surface area contributed by atoms with Gasteiger partial charge in [0, 0.05) is 6.54 Å². The summed E-state index contributed by atoms with van der Waals surface area (Å²) >= 11 is 0. The summed E-state index contributed by atoms with van der Waals surface area (Å²) in [5.74, 6) is -1.09. The van der Waals surface area contributed by atoms with Crippen LogP contribution in [0.15, 0.2) is 41.8 Å². The number of sulfonamides is 1. The van der Waals surface area contributed by atoms with Gasteiger partial charge in [-0.05, 0) is 30.7 Å². The Morgan fingerprint density at radius 2 is 1.94 bits per heavy atom. The Morgan fingerprint density at radius 1 is 1.35 bits per heavy atom. The SMILES string of the molecule is C=CCCNS(=O)(=O)c1ccc(C(=O)O)cc1. The normalized spacial score (nSPS) is 11.1. The lowest BCUT2D eigenvalue weighted by Gasteiger charge is -2.05. The summed E-state index contributed by atoms with van der Waals surface area (Å²) < 4.78 is 25.8. The number of aromatic carboxylic acids is 1. The van der Waals surface area contributed by atoms with Crippen LogP contribution in [-0.2, 0) is 10.0 Å². The van der Waals surface area contributed by atoms with Gasteiger partial charge in [0.1, 0.15) is 0 Å². The van der Waals surface area contributed by atoms with Crippen molar-refractivity contribution in [2.75, 3.05) is 6.54 Å². The van der Waals surface area contributed by atoms with E-state index in [0.29, 0.717) is 6.42 Å². The third kappa shape index (κ3) is 3.69. The fourth-order valence-corrected chi connectivity index (χ4v) is 2.20. The maximum absolute atomic E-state index is 11.7. The Labute approximate surface area is 99.8 Å². The molecule has 0 aliphatic rings. The van der Waals surface area contributed by atoms with Crippen LogP contribution in [-0.4, -0.2) is 26.0 Å². The van der Waals surface area contributed by atoms with Gasteiger partial charge in [0.2, 0.25) is 10.0 Å². The molecule has 6 heteroatoms. The Hall–Kier alpha value is -1.66. The summed E-state index contributed by atoms with van der Waals surface area (Å²) in [4.78, 5) is 10.6. The summed E-state index contributed by atoms with van der Waals surface area (Å²) in [5.41, 5.74) is 0.0510. The number of benzene rings is 1. The van der Waals surface area contributed by atoms with Crippen molar-refractivity contribution in [2.24, 2.45) is 0 Å². The lowest BCUT2D eigenvalue weighted by atomic mass is 10.2. The monoisotopic (exact) mass is 255 g/mol. The van der Waals surface area contributed by atoms with E-state index in [2.05, 4.69) is 11.3 Å². The second kappa shape index (κ2) is 5.60. The molecule has 92 valence electrons. The molecule has 0 aromatic heterocycles. The van der Waals surface area contributed by atoms with Gasteiger partial charge < -0.3 is 5.11 Å². The highest BCUT2D eigenvalue weighted by molar-refractivity contribution is 7.89. The molecule has 0 fully saturated rings. The zero-order chi connectivity index (χ0) is 12.9. The number of nitrogens with one attached hydrogen (secondary N) is 1. The van der Waals surface area contributed by atoms with Crippen LogP contribution < -0.4 is 4.72 Å². The largest absolute Gasteiger partial charge is 0.478 e. The lowest BCUT2D eigenvalue weighted by Crippen LogP contribution is -2.24. The molecular weight excluding hydrogens is 242 g/mol. The highest BCUT2D eigenvalue weighted by atomic mass is 32.2. The first-order valence-corrected chi connectivity index (χ1v) is 6.39. The van der Waals surface area contributed by atoms with Gasteiger partial charge in [-0.15, -0.1) is 6.58 Å².